The van der Waals surface area contributed by atoms with Crippen molar-refractivity contribution in [3.63, 3.8) is 0 Å². The SMILES string of the molecule is CC(O)c1cc(Br)ccc1OCc1sccc1Br. The molecule has 2 rings (SSSR count). The van der Waals surface area contributed by atoms with Gasteiger partial charge >= 0.3 is 0 Å². The van der Waals surface area contributed by atoms with Crippen molar-refractivity contribution in [2.24, 2.45) is 0 Å². The summed E-state index contributed by atoms with van der Waals surface area (Å²) in [4.78, 5) is 1.13. The summed E-state index contributed by atoms with van der Waals surface area (Å²) in [5.74, 6) is 0.716. The third kappa shape index (κ3) is 3.35. The highest BCUT2D eigenvalue weighted by molar-refractivity contribution is 9.10. The van der Waals surface area contributed by atoms with E-state index in [9.17, 15) is 5.11 Å². The molecule has 0 spiro atoms. The molecule has 0 fully saturated rings. The first kappa shape index (κ1) is 14.1. The van der Waals surface area contributed by atoms with Crippen molar-refractivity contribution in [3.05, 3.63) is 49.0 Å². The lowest BCUT2D eigenvalue weighted by Crippen LogP contribution is -2.00. The molecule has 0 aliphatic rings. The van der Waals surface area contributed by atoms with Gasteiger partial charge in [0.15, 0.2) is 0 Å². The van der Waals surface area contributed by atoms with Gasteiger partial charge in [0.2, 0.25) is 0 Å². The maximum absolute atomic E-state index is 9.73. The van der Waals surface area contributed by atoms with E-state index in [1.165, 1.54) is 0 Å². The van der Waals surface area contributed by atoms with Gasteiger partial charge in [-0.05, 0) is 52.5 Å². The predicted octanol–water partition coefficient (Wildman–Crippen LogP) is 4.91. The van der Waals surface area contributed by atoms with Crippen LogP contribution in [0.1, 0.15) is 23.5 Å². The highest BCUT2D eigenvalue weighted by atomic mass is 79.9. The van der Waals surface area contributed by atoms with E-state index in [1.54, 1.807) is 18.3 Å². The van der Waals surface area contributed by atoms with Crippen molar-refractivity contribution < 1.29 is 9.84 Å². The minimum Gasteiger partial charge on any atom is -0.488 e. The third-order valence-electron chi connectivity index (χ3n) is 2.47. The van der Waals surface area contributed by atoms with Crippen LogP contribution < -0.4 is 4.74 Å². The predicted molar refractivity (Wildman–Crippen MR) is 81.1 cm³/mol. The molecule has 0 bridgehead atoms. The van der Waals surface area contributed by atoms with Crippen molar-refractivity contribution in [3.8, 4) is 5.75 Å². The smallest absolute Gasteiger partial charge is 0.125 e. The molecule has 0 aliphatic heterocycles. The van der Waals surface area contributed by atoms with E-state index in [0.717, 1.165) is 19.4 Å². The Morgan fingerprint density at radius 1 is 1.33 bits per heavy atom. The number of aliphatic hydroxyl groups is 1. The second-order valence-corrected chi connectivity index (χ2v) is 6.61. The Hall–Kier alpha value is -0.360. The fourth-order valence-electron chi connectivity index (χ4n) is 1.55. The molecule has 1 atom stereocenters. The normalized spacial score (nSPS) is 12.4. The van der Waals surface area contributed by atoms with Crippen molar-refractivity contribution in [1.82, 2.24) is 0 Å². The average Bonchev–Trinajstić information content (AvgIpc) is 2.73. The molecule has 2 aromatic rings. The van der Waals surface area contributed by atoms with E-state index in [-0.39, 0.29) is 0 Å². The van der Waals surface area contributed by atoms with E-state index < -0.39 is 6.10 Å². The lowest BCUT2D eigenvalue weighted by atomic mass is 10.1. The van der Waals surface area contributed by atoms with Gasteiger partial charge < -0.3 is 9.84 Å². The van der Waals surface area contributed by atoms with Gasteiger partial charge in [-0.2, -0.15) is 0 Å². The molecule has 1 heterocycles. The summed E-state index contributed by atoms with van der Waals surface area (Å²) in [5, 5.41) is 11.7. The molecule has 0 radical (unpaired) electrons. The van der Waals surface area contributed by atoms with Crippen molar-refractivity contribution in [2.45, 2.75) is 19.6 Å². The van der Waals surface area contributed by atoms with Gasteiger partial charge in [0.25, 0.3) is 0 Å². The number of aliphatic hydroxyl groups excluding tert-OH is 1. The molecule has 0 saturated carbocycles. The van der Waals surface area contributed by atoms with E-state index in [2.05, 4.69) is 31.9 Å². The lowest BCUT2D eigenvalue weighted by Gasteiger charge is -2.13. The molecule has 1 N–H and O–H groups in total. The Kier molecular flexibility index (Phi) is 4.84. The fourth-order valence-corrected chi connectivity index (χ4v) is 3.31. The van der Waals surface area contributed by atoms with E-state index in [4.69, 9.17) is 4.74 Å². The quantitative estimate of drug-likeness (QED) is 0.802. The number of rotatable bonds is 4. The Morgan fingerprint density at radius 3 is 2.72 bits per heavy atom. The monoisotopic (exact) mass is 390 g/mol. The second kappa shape index (κ2) is 6.19. The van der Waals surface area contributed by atoms with Gasteiger partial charge in [0.05, 0.1) is 11.0 Å². The zero-order chi connectivity index (χ0) is 13.1. The number of ether oxygens (including phenoxy) is 1. The van der Waals surface area contributed by atoms with Crippen LogP contribution >= 0.6 is 43.2 Å². The molecule has 18 heavy (non-hydrogen) atoms. The topological polar surface area (TPSA) is 29.5 Å². The number of benzene rings is 1. The number of thiophene rings is 1. The minimum absolute atomic E-state index is 0.500. The maximum Gasteiger partial charge on any atom is 0.125 e. The summed E-state index contributed by atoms with van der Waals surface area (Å²) >= 11 is 8.51. The molecular formula is C13H12Br2O2S. The molecule has 1 unspecified atom stereocenters. The van der Waals surface area contributed by atoms with Crippen molar-refractivity contribution in [2.75, 3.05) is 0 Å². The Bertz CT molecular complexity index is 538. The van der Waals surface area contributed by atoms with Crippen LogP contribution in [-0.2, 0) is 6.61 Å². The summed E-state index contributed by atoms with van der Waals surface area (Å²) < 4.78 is 7.77. The van der Waals surface area contributed by atoms with E-state index in [1.807, 2.05) is 29.6 Å². The van der Waals surface area contributed by atoms with Crippen LogP contribution in [0.3, 0.4) is 0 Å². The molecule has 96 valence electrons. The summed E-state index contributed by atoms with van der Waals surface area (Å²) in [7, 11) is 0. The highest BCUT2D eigenvalue weighted by Crippen LogP contribution is 2.30. The summed E-state index contributed by atoms with van der Waals surface area (Å²) in [6, 6.07) is 7.66. The van der Waals surface area contributed by atoms with E-state index >= 15 is 0 Å². The number of hydrogen-bond acceptors (Lipinski definition) is 3. The summed E-state index contributed by atoms with van der Waals surface area (Å²) in [6.07, 6.45) is -0.552. The van der Waals surface area contributed by atoms with Crippen LogP contribution in [0.5, 0.6) is 5.75 Å². The van der Waals surface area contributed by atoms with Crippen LogP contribution in [0.2, 0.25) is 0 Å². The second-order valence-electron chi connectivity index (χ2n) is 3.84. The zero-order valence-electron chi connectivity index (χ0n) is 9.69. The van der Waals surface area contributed by atoms with Crippen molar-refractivity contribution in [1.29, 1.82) is 0 Å². The van der Waals surface area contributed by atoms with Gasteiger partial charge in [-0.15, -0.1) is 11.3 Å². The van der Waals surface area contributed by atoms with Gasteiger partial charge in [-0.1, -0.05) is 15.9 Å². The number of hydrogen-bond donors (Lipinski definition) is 1. The molecule has 1 aromatic carbocycles. The van der Waals surface area contributed by atoms with Crippen LogP contribution in [-0.4, -0.2) is 5.11 Å². The van der Waals surface area contributed by atoms with Crippen LogP contribution in [0.4, 0.5) is 0 Å². The van der Waals surface area contributed by atoms with E-state index in [0.29, 0.717) is 12.4 Å². The van der Waals surface area contributed by atoms with Gasteiger partial charge in [-0.25, -0.2) is 0 Å². The minimum atomic E-state index is -0.552. The molecule has 5 heteroatoms. The number of halogens is 2. The maximum atomic E-state index is 9.73. The van der Waals surface area contributed by atoms with Crippen LogP contribution in [0.15, 0.2) is 38.6 Å². The Morgan fingerprint density at radius 2 is 2.11 bits per heavy atom. The standard InChI is InChI=1S/C13H12Br2O2S/c1-8(16)10-6-9(14)2-3-12(10)17-7-13-11(15)4-5-18-13/h2-6,8,16H,7H2,1H3. The van der Waals surface area contributed by atoms with Crippen molar-refractivity contribution >= 4 is 43.2 Å². The first-order chi connectivity index (χ1) is 8.58. The van der Waals surface area contributed by atoms with Crippen LogP contribution in [0.25, 0.3) is 0 Å². The molecule has 0 amide bonds. The molecule has 0 aliphatic carbocycles. The van der Waals surface area contributed by atoms with Gasteiger partial charge in [-0.3, -0.25) is 0 Å². The largest absolute Gasteiger partial charge is 0.488 e. The molecule has 0 saturated heterocycles. The Balaban J connectivity index is 2.16. The first-order valence-corrected chi connectivity index (χ1v) is 7.86. The Labute approximate surface area is 127 Å². The molecule has 1 aromatic heterocycles. The van der Waals surface area contributed by atoms with Gasteiger partial charge in [0.1, 0.15) is 12.4 Å². The average molecular weight is 392 g/mol. The third-order valence-corrected chi connectivity index (χ3v) is 4.86. The summed E-state index contributed by atoms with van der Waals surface area (Å²) in [5.41, 5.74) is 0.789. The highest BCUT2D eigenvalue weighted by Gasteiger charge is 2.11. The fraction of sp³-hybridized carbons (Fsp3) is 0.231. The zero-order valence-corrected chi connectivity index (χ0v) is 13.7. The summed E-state index contributed by atoms with van der Waals surface area (Å²) in [6.45, 7) is 2.23. The van der Waals surface area contributed by atoms with Gasteiger partial charge in [0, 0.05) is 14.5 Å². The molecular weight excluding hydrogens is 380 g/mol. The first-order valence-electron chi connectivity index (χ1n) is 5.40. The molecule has 2 nitrogen and oxygen atoms in total. The lowest BCUT2D eigenvalue weighted by molar-refractivity contribution is 0.190. The van der Waals surface area contributed by atoms with Crippen LogP contribution in [0, 0.1) is 0 Å².